The zero-order valence-corrected chi connectivity index (χ0v) is 9.78. The Morgan fingerprint density at radius 3 is 2.27 bits per heavy atom. The van der Waals surface area contributed by atoms with E-state index < -0.39 is 5.97 Å². The standard InChI is InChI=1S/C11H22N2O2/c1-3-5-12-6-8-13(9-7-12)10(4-2)11(14)15/h10H,3-9H2,1-2H3,(H,14,15). The van der Waals surface area contributed by atoms with Gasteiger partial charge >= 0.3 is 5.97 Å². The van der Waals surface area contributed by atoms with Crippen molar-refractivity contribution in [3.8, 4) is 0 Å². The second kappa shape index (κ2) is 6.08. The molecule has 15 heavy (non-hydrogen) atoms. The molecule has 0 radical (unpaired) electrons. The summed E-state index contributed by atoms with van der Waals surface area (Å²) in [7, 11) is 0. The number of hydrogen-bond acceptors (Lipinski definition) is 3. The number of hydrogen-bond donors (Lipinski definition) is 1. The molecule has 0 saturated carbocycles. The lowest BCUT2D eigenvalue weighted by atomic mass is 10.1. The van der Waals surface area contributed by atoms with Crippen LogP contribution >= 0.6 is 0 Å². The SMILES string of the molecule is CCCN1CCN(C(CC)C(=O)O)CC1. The Morgan fingerprint density at radius 2 is 1.87 bits per heavy atom. The molecule has 4 heteroatoms. The minimum Gasteiger partial charge on any atom is -0.480 e. The molecule has 1 unspecified atom stereocenters. The van der Waals surface area contributed by atoms with Crippen molar-refractivity contribution in [3.63, 3.8) is 0 Å². The second-order valence-corrected chi connectivity index (χ2v) is 4.14. The normalized spacial score (nSPS) is 21.5. The van der Waals surface area contributed by atoms with Gasteiger partial charge in [-0.05, 0) is 19.4 Å². The molecule has 1 aliphatic heterocycles. The Hall–Kier alpha value is -0.610. The fourth-order valence-electron chi connectivity index (χ4n) is 2.20. The predicted octanol–water partition coefficient (Wildman–Crippen LogP) is 0.877. The van der Waals surface area contributed by atoms with Gasteiger partial charge in [0.1, 0.15) is 6.04 Å². The maximum absolute atomic E-state index is 11.0. The molecular formula is C11H22N2O2. The van der Waals surface area contributed by atoms with E-state index >= 15 is 0 Å². The van der Waals surface area contributed by atoms with E-state index in [0.29, 0.717) is 6.42 Å². The van der Waals surface area contributed by atoms with E-state index in [9.17, 15) is 4.79 Å². The molecule has 4 nitrogen and oxygen atoms in total. The van der Waals surface area contributed by atoms with Gasteiger partial charge in [0.25, 0.3) is 0 Å². The van der Waals surface area contributed by atoms with Crippen LogP contribution in [0.3, 0.4) is 0 Å². The third-order valence-electron chi connectivity index (χ3n) is 3.06. The smallest absolute Gasteiger partial charge is 0.320 e. The highest BCUT2D eigenvalue weighted by molar-refractivity contribution is 5.73. The van der Waals surface area contributed by atoms with Crippen LogP contribution in [0, 0.1) is 0 Å². The maximum Gasteiger partial charge on any atom is 0.320 e. The van der Waals surface area contributed by atoms with Gasteiger partial charge in [0, 0.05) is 26.2 Å². The first-order valence-corrected chi connectivity index (χ1v) is 5.88. The van der Waals surface area contributed by atoms with Gasteiger partial charge in [0.15, 0.2) is 0 Å². The average Bonchev–Trinajstić information content (AvgIpc) is 2.21. The lowest BCUT2D eigenvalue weighted by Crippen LogP contribution is -2.52. The molecule has 0 aromatic rings. The highest BCUT2D eigenvalue weighted by atomic mass is 16.4. The topological polar surface area (TPSA) is 43.8 Å². The van der Waals surface area contributed by atoms with Crippen LogP contribution in [-0.4, -0.2) is 59.6 Å². The predicted molar refractivity (Wildman–Crippen MR) is 60.0 cm³/mol. The van der Waals surface area contributed by atoms with Crippen LogP contribution in [0.1, 0.15) is 26.7 Å². The van der Waals surface area contributed by atoms with Crippen molar-refractivity contribution in [1.82, 2.24) is 9.80 Å². The molecular weight excluding hydrogens is 192 g/mol. The zero-order valence-electron chi connectivity index (χ0n) is 9.78. The minimum atomic E-state index is -0.679. The number of carboxylic acid groups (broad SMARTS) is 1. The van der Waals surface area contributed by atoms with Crippen LogP contribution < -0.4 is 0 Å². The summed E-state index contributed by atoms with van der Waals surface area (Å²) >= 11 is 0. The number of carbonyl (C=O) groups is 1. The molecule has 1 atom stereocenters. The molecule has 88 valence electrons. The third-order valence-corrected chi connectivity index (χ3v) is 3.06. The van der Waals surface area contributed by atoms with Crippen LogP contribution in [0.15, 0.2) is 0 Å². The van der Waals surface area contributed by atoms with E-state index in [0.717, 1.165) is 32.7 Å². The van der Waals surface area contributed by atoms with Gasteiger partial charge in [-0.2, -0.15) is 0 Å². The maximum atomic E-state index is 11.0. The van der Waals surface area contributed by atoms with Crippen LogP contribution in [0.4, 0.5) is 0 Å². The fourth-order valence-corrected chi connectivity index (χ4v) is 2.20. The van der Waals surface area contributed by atoms with Gasteiger partial charge in [-0.25, -0.2) is 0 Å². The van der Waals surface area contributed by atoms with Gasteiger partial charge in [-0.1, -0.05) is 13.8 Å². The lowest BCUT2D eigenvalue weighted by molar-refractivity contribution is -0.144. The van der Waals surface area contributed by atoms with Crippen LogP contribution in [-0.2, 0) is 4.79 Å². The first kappa shape index (κ1) is 12.5. The number of rotatable bonds is 5. The third kappa shape index (κ3) is 3.47. The molecule has 1 rings (SSSR count). The molecule has 0 bridgehead atoms. The van der Waals surface area contributed by atoms with Gasteiger partial charge in [-0.3, -0.25) is 9.69 Å². The number of aliphatic carboxylic acids is 1. The van der Waals surface area contributed by atoms with Crippen molar-refractivity contribution >= 4 is 5.97 Å². The van der Waals surface area contributed by atoms with Crippen molar-refractivity contribution in [3.05, 3.63) is 0 Å². The molecule has 0 spiro atoms. The Labute approximate surface area is 91.9 Å². The number of carboxylic acids is 1. The highest BCUT2D eigenvalue weighted by Crippen LogP contribution is 2.09. The zero-order chi connectivity index (χ0) is 11.3. The van der Waals surface area contributed by atoms with Crippen LogP contribution in [0.2, 0.25) is 0 Å². The fraction of sp³-hybridized carbons (Fsp3) is 0.909. The van der Waals surface area contributed by atoms with E-state index in [1.807, 2.05) is 6.92 Å². The monoisotopic (exact) mass is 214 g/mol. The Kier molecular flexibility index (Phi) is 5.05. The molecule has 1 fully saturated rings. The van der Waals surface area contributed by atoms with Crippen LogP contribution in [0.25, 0.3) is 0 Å². The van der Waals surface area contributed by atoms with Gasteiger partial charge in [0.05, 0.1) is 0 Å². The summed E-state index contributed by atoms with van der Waals surface area (Å²) in [6.07, 6.45) is 1.87. The molecule has 1 heterocycles. The summed E-state index contributed by atoms with van der Waals surface area (Å²) < 4.78 is 0. The van der Waals surface area contributed by atoms with E-state index in [1.54, 1.807) is 0 Å². The lowest BCUT2D eigenvalue weighted by Gasteiger charge is -2.37. The minimum absolute atomic E-state index is 0.284. The Bertz CT molecular complexity index is 201. The molecule has 0 aromatic heterocycles. The highest BCUT2D eigenvalue weighted by Gasteiger charge is 2.26. The van der Waals surface area contributed by atoms with Crippen LogP contribution in [0.5, 0.6) is 0 Å². The summed E-state index contributed by atoms with van der Waals surface area (Å²) in [4.78, 5) is 15.5. The largest absolute Gasteiger partial charge is 0.480 e. The van der Waals surface area contributed by atoms with Crippen molar-refractivity contribution in [2.75, 3.05) is 32.7 Å². The van der Waals surface area contributed by atoms with Crippen molar-refractivity contribution < 1.29 is 9.90 Å². The average molecular weight is 214 g/mol. The molecule has 1 saturated heterocycles. The summed E-state index contributed by atoms with van der Waals surface area (Å²) in [5, 5.41) is 9.04. The van der Waals surface area contributed by atoms with Crippen molar-refractivity contribution in [1.29, 1.82) is 0 Å². The molecule has 0 amide bonds. The summed E-state index contributed by atoms with van der Waals surface area (Å²) in [5.74, 6) is -0.679. The summed E-state index contributed by atoms with van der Waals surface area (Å²) in [6, 6.07) is -0.284. The van der Waals surface area contributed by atoms with E-state index in [-0.39, 0.29) is 6.04 Å². The van der Waals surface area contributed by atoms with E-state index in [4.69, 9.17) is 5.11 Å². The van der Waals surface area contributed by atoms with Crippen molar-refractivity contribution in [2.24, 2.45) is 0 Å². The van der Waals surface area contributed by atoms with E-state index in [1.165, 1.54) is 6.42 Å². The molecule has 0 aliphatic carbocycles. The van der Waals surface area contributed by atoms with Gasteiger partial charge in [0.2, 0.25) is 0 Å². The second-order valence-electron chi connectivity index (χ2n) is 4.14. The van der Waals surface area contributed by atoms with Gasteiger partial charge in [-0.15, -0.1) is 0 Å². The summed E-state index contributed by atoms with van der Waals surface area (Å²) in [5.41, 5.74) is 0. The first-order valence-electron chi connectivity index (χ1n) is 5.88. The number of piperazine rings is 1. The molecule has 0 aromatic carbocycles. The Balaban J connectivity index is 2.38. The first-order chi connectivity index (χ1) is 7.19. The van der Waals surface area contributed by atoms with E-state index in [2.05, 4.69) is 16.7 Å². The quantitative estimate of drug-likeness (QED) is 0.738. The van der Waals surface area contributed by atoms with Gasteiger partial charge < -0.3 is 10.0 Å². The summed E-state index contributed by atoms with van der Waals surface area (Å²) in [6.45, 7) is 9.07. The molecule has 1 aliphatic rings. The number of nitrogens with zero attached hydrogens (tertiary/aromatic N) is 2. The molecule has 1 N–H and O–H groups in total. The van der Waals surface area contributed by atoms with Crippen molar-refractivity contribution in [2.45, 2.75) is 32.7 Å². The Morgan fingerprint density at radius 1 is 1.27 bits per heavy atom.